The molecule has 174 valence electrons. The van der Waals surface area contributed by atoms with Crippen LogP contribution >= 0.6 is 0 Å². The standard InChI is InChI=1S/C26H26FN5O2/c1-18-21(32-17-31-23-24(28)29-16-30-25(23)32)12-22(34-14-20-10-6-3-7-11-20)26(18,27)15-33-13-19-8-4-2-5-9-19/h2-11,16-17,21-22H,1,12-15H2,(H2,28,29,30)/t21-,22+,26+/m1/s1. The van der Waals surface area contributed by atoms with E-state index in [1.54, 1.807) is 10.9 Å². The van der Waals surface area contributed by atoms with Gasteiger partial charge in [0.1, 0.15) is 17.9 Å². The third kappa shape index (κ3) is 4.18. The number of imidazole rings is 1. The van der Waals surface area contributed by atoms with Gasteiger partial charge in [0, 0.05) is 6.42 Å². The van der Waals surface area contributed by atoms with Crippen LogP contribution in [0, 0.1) is 0 Å². The van der Waals surface area contributed by atoms with Gasteiger partial charge in [-0.2, -0.15) is 0 Å². The maximum atomic E-state index is 16.7. The minimum Gasteiger partial charge on any atom is -0.382 e. The maximum Gasteiger partial charge on any atom is 0.182 e. The van der Waals surface area contributed by atoms with Gasteiger partial charge in [-0.1, -0.05) is 67.2 Å². The number of rotatable bonds is 8. The van der Waals surface area contributed by atoms with Crippen molar-refractivity contribution in [3.63, 3.8) is 0 Å². The molecule has 0 aliphatic heterocycles. The molecule has 3 atom stereocenters. The summed E-state index contributed by atoms with van der Waals surface area (Å²) in [5.74, 6) is 0.280. The van der Waals surface area contributed by atoms with Crippen LogP contribution in [0.3, 0.4) is 0 Å². The van der Waals surface area contributed by atoms with Crippen LogP contribution in [-0.2, 0) is 22.7 Å². The molecule has 2 aromatic carbocycles. The fourth-order valence-corrected chi connectivity index (χ4v) is 4.44. The van der Waals surface area contributed by atoms with Crippen LogP contribution in [0.5, 0.6) is 0 Å². The SMILES string of the molecule is C=C1[C@H](n2cnc3c(N)ncnc32)C[C@H](OCc2ccccc2)[C@]1(F)COCc1ccccc1. The van der Waals surface area contributed by atoms with E-state index in [4.69, 9.17) is 15.2 Å². The Labute approximate surface area is 197 Å². The van der Waals surface area contributed by atoms with E-state index < -0.39 is 17.8 Å². The molecule has 2 heterocycles. The van der Waals surface area contributed by atoms with Crippen molar-refractivity contribution in [2.45, 2.75) is 37.4 Å². The Morgan fingerprint density at radius 2 is 1.68 bits per heavy atom. The van der Waals surface area contributed by atoms with Crippen LogP contribution in [0.2, 0.25) is 0 Å². The third-order valence-electron chi connectivity index (χ3n) is 6.32. The minimum absolute atomic E-state index is 0.166. The zero-order valence-electron chi connectivity index (χ0n) is 18.7. The van der Waals surface area contributed by atoms with Crippen molar-refractivity contribution in [1.29, 1.82) is 0 Å². The second-order valence-corrected chi connectivity index (χ2v) is 8.49. The predicted molar refractivity (Wildman–Crippen MR) is 127 cm³/mol. The Balaban J connectivity index is 1.40. The number of nitrogen functional groups attached to an aromatic ring is 1. The van der Waals surface area contributed by atoms with E-state index in [0.29, 0.717) is 29.8 Å². The van der Waals surface area contributed by atoms with Crippen LogP contribution in [0.25, 0.3) is 11.2 Å². The Bertz CT molecular complexity index is 1280. The first kappa shape index (κ1) is 22.2. The summed E-state index contributed by atoms with van der Waals surface area (Å²) in [6, 6.07) is 19.0. The zero-order chi connectivity index (χ0) is 23.5. The molecule has 0 bridgehead atoms. The molecule has 0 unspecified atom stereocenters. The van der Waals surface area contributed by atoms with E-state index in [-0.39, 0.29) is 19.0 Å². The number of hydrogen-bond donors (Lipinski definition) is 1. The van der Waals surface area contributed by atoms with Crippen LogP contribution in [0.1, 0.15) is 23.6 Å². The van der Waals surface area contributed by atoms with Gasteiger partial charge in [0.15, 0.2) is 17.1 Å². The van der Waals surface area contributed by atoms with Gasteiger partial charge in [0.2, 0.25) is 0 Å². The number of halogens is 1. The lowest BCUT2D eigenvalue weighted by atomic mass is 9.98. The van der Waals surface area contributed by atoms with Crippen LogP contribution in [0.15, 0.2) is 85.5 Å². The molecule has 8 heteroatoms. The van der Waals surface area contributed by atoms with E-state index in [2.05, 4.69) is 21.5 Å². The molecule has 2 N–H and O–H groups in total. The minimum atomic E-state index is -1.89. The lowest BCUT2D eigenvalue weighted by molar-refractivity contribution is -0.0763. The molecular weight excluding hydrogens is 433 g/mol. The zero-order valence-corrected chi connectivity index (χ0v) is 18.7. The van der Waals surface area contributed by atoms with Gasteiger partial charge in [-0.3, -0.25) is 0 Å². The average Bonchev–Trinajstić information content (AvgIpc) is 3.39. The molecule has 0 spiro atoms. The van der Waals surface area contributed by atoms with Crippen molar-refractivity contribution in [3.05, 3.63) is 96.6 Å². The van der Waals surface area contributed by atoms with Crippen LogP contribution in [-0.4, -0.2) is 37.9 Å². The molecule has 1 saturated carbocycles. The summed E-state index contributed by atoms with van der Waals surface area (Å²) in [5.41, 5.74) is 7.39. The number of hydrogen-bond acceptors (Lipinski definition) is 6. The predicted octanol–water partition coefficient (Wildman–Crippen LogP) is 4.42. The first-order chi connectivity index (χ1) is 16.6. The largest absolute Gasteiger partial charge is 0.382 e. The highest BCUT2D eigenvalue weighted by Gasteiger charge is 2.53. The monoisotopic (exact) mass is 459 g/mol. The summed E-state index contributed by atoms with van der Waals surface area (Å²) < 4.78 is 30.4. The molecule has 1 aliphatic carbocycles. The normalized spacial score (nSPS) is 22.4. The Hall–Kier alpha value is -3.62. The lowest BCUT2D eigenvalue weighted by Crippen LogP contribution is -2.40. The quantitative estimate of drug-likeness (QED) is 0.393. The van der Waals surface area contributed by atoms with E-state index >= 15 is 4.39 Å². The van der Waals surface area contributed by atoms with Gasteiger partial charge in [0.25, 0.3) is 0 Å². The fourth-order valence-electron chi connectivity index (χ4n) is 4.44. The molecule has 1 aliphatic rings. The maximum absolute atomic E-state index is 16.7. The fraction of sp³-hybridized carbons (Fsp3) is 0.269. The Kier molecular flexibility index (Phi) is 6.08. The number of nitrogens with two attached hydrogens (primary N) is 1. The second kappa shape index (κ2) is 9.32. The van der Waals surface area contributed by atoms with Gasteiger partial charge in [-0.05, 0) is 16.7 Å². The Morgan fingerprint density at radius 1 is 1.00 bits per heavy atom. The summed E-state index contributed by atoms with van der Waals surface area (Å²) in [7, 11) is 0. The summed E-state index contributed by atoms with van der Waals surface area (Å²) >= 11 is 0. The average molecular weight is 460 g/mol. The van der Waals surface area contributed by atoms with Crippen molar-refractivity contribution >= 4 is 17.0 Å². The molecule has 0 amide bonds. The van der Waals surface area contributed by atoms with E-state index in [9.17, 15) is 0 Å². The molecule has 1 fully saturated rings. The third-order valence-corrected chi connectivity index (χ3v) is 6.32. The van der Waals surface area contributed by atoms with Crippen molar-refractivity contribution in [1.82, 2.24) is 19.5 Å². The summed E-state index contributed by atoms with van der Waals surface area (Å²) in [6.07, 6.45) is 2.60. The highest BCUT2D eigenvalue weighted by Crippen LogP contribution is 2.47. The molecule has 0 radical (unpaired) electrons. The van der Waals surface area contributed by atoms with Gasteiger partial charge in [0.05, 0.1) is 32.2 Å². The van der Waals surface area contributed by atoms with Crippen molar-refractivity contribution in [2.75, 3.05) is 12.3 Å². The topological polar surface area (TPSA) is 88.1 Å². The summed E-state index contributed by atoms with van der Waals surface area (Å²) in [4.78, 5) is 12.7. The van der Waals surface area contributed by atoms with Crippen molar-refractivity contribution in [3.8, 4) is 0 Å². The number of fused-ring (bicyclic) bond motifs is 1. The number of nitrogens with zero attached hydrogens (tertiary/aromatic N) is 4. The molecule has 5 rings (SSSR count). The number of anilines is 1. The van der Waals surface area contributed by atoms with Gasteiger partial charge in [-0.15, -0.1) is 0 Å². The molecule has 0 saturated heterocycles. The number of aromatic nitrogens is 4. The van der Waals surface area contributed by atoms with Gasteiger partial charge >= 0.3 is 0 Å². The van der Waals surface area contributed by atoms with Crippen LogP contribution < -0.4 is 5.73 Å². The highest BCUT2D eigenvalue weighted by atomic mass is 19.1. The Morgan fingerprint density at radius 3 is 2.38 bits per heavy atom. The molecule has 4 aromatic rings. The smallest absolute Gasteiger partial charge is 0.182 e. The molecule has 2 aromatic heterocycles. The summed E-state index contributed by atoms with van der Waals surface area (Å²) in [5, 5.41) is 0. The van der Waals surface area contributed by atoms with E-state index in [0.717, 1.165) is 11.1 Å². The number of ether oxygens (including phenoxy) is 2. The first-order valence-electron chi connectivity index (χ1n) is 11.1. The van der Waals surface area contributed by atoms with Crippen molar-refractivity contribution in [2.24, 2.45) is 0 Å². The first-order valence-corrected chi connectivity index (χ1v) is 11.1. The highest BCUT2D eigenvalue weighted by molar-refractivity contribution is 5.81. The van der Waals surface area contributed by atoms with E-state index in [1.165, 1.54) is 6.33 Å². The number of benzene rings is 2. The lowest BCUT2D eigenvalue weighted by Gasteiger charge is -2.28. The second-order valence-electron chi connectivity index (χ2n) is 8.49. The van der Waals surface area contributed by atoms with Crippen LogP contribution in [0.4, 0.5) is 10.2 Å². The van der Waals surface area contributed by atoms with E-state index in [1.807, 2.05) is 60.7 Å². The summed E-state index contributed by atoms with van der Waals surface area (Å²) in [6.45, 7) is 4.57. The number of alkyl halides is 1. The molecular formula is C26H26FN5O2. The molecule has 7 nitrogen and oxygen atoms in total. The molecule has 34 heavy (non-hydrogen) atoms. The van der Waals surface area contributed by atoms with Crippen molar-refractivity contribution < 1.29 is 13.9 Å². The van der Waals surface area contributed by atoms with Gasteiger partial charge < -0.3 is 19.8 Å². The van der Waals surface area contributed by atoms with Gasteiger partial charge in [-0.25, -0.2) is 19.3 Å².